The number of aliphatic hydroxyl groups is 1. The molecule has 2 N–H and O–H groups in total. The van der Waals surface area contributed by atoms with Gasteiger partial charge >= 0.3 is 5.97 Å². The van der Waals surface area contributed by atoms with E-state index in [1.165, 1.54) is 64.2 Å². The molecule has 0 saturated carbocycles. The Kier molecular flexibility index (Phi) is 11.5. The third-order valence-corrected chi connectivity index (χ3v) is 5.35. The van der Waals surface area contributed by atoms with E-state index in [9.17, 15) is 9.90 Å². The summed E-state index contributed by atoms with van der Waals surface area (Å²) in [4.78, 5) is 15.5. The maximum atomic E-state index is 11.2. The third-order valence-electron chi connectivity index (χ3n) is 5.35. The van der Waals surface area contributed by atoms with Crippen LogP contribution in [0.5, 0.6) is 0 Å². The molecule has 0 aromatic carbocycles. The highest BCUT2D eigenvalue weighted by Crippen LogP contribution is 2.24. The van der Waals surface area contributed by atoms with Gasteiger partial charge in [0, 0.05) is 13.3 Å². The molecule has 2 atom stereocenters. The molecule has 0 aliphatic carbocycles. The fourth-order valence-corrected chi connectivity index (χ4v) is 3.67. The fourth-order valence-electron chi connectivity index (χ4n) is 3.67. The van der Waals surface area contributed by atoms with E-state index in [0.717, 1.165) is 25.1 Å². The topological polar surface area (TPSA) is 69.9 Å². The second-order valence-electron chi connectivity index (χ2n) is 7.60. The summed E-state index contributed by atoms with van der Waals surface area (Å²) < 4.78 is -0.0482. The smallest absolute Gasteiger partial charge is 0.360 e. The van der Waals surface area contributed by atoms with E-state index < -0.39 is 12.2 Å². The van der Waals surface area contributed by atoms with Crippen molar-refractivity contribution < 1.29 is 19.5 Å². The van der Waals surface area contributed by atoms with E-state index in [4.69, 9.17) is 5.11 Å². The molecule has 0 fully saturated rings. The maximum Gasteiger partial charge on any atom is 0.360 e. The van der Waals surface area contributed by atoms with E-state index in [1.807, 2.05) is 0 Å². The number of aliphatic imine (C=N–C) groups is 1. The molecule has 150 valence electrons. The van der Waals surface area contributed by atoms with Crippen LogP contribution < -0.4 is 0 Å². The lowest BCUT2D eigenvalue weighted by molar-refractivity contribution is -0.832. The SMILES string of the molecule is CCCCCCCCCCCCCCC1=NC=C[N+]1(CC(=O)O)C(C)O. The van der Waals surface area contributed by atoms with Crippen molar-refractivity contribution in [2.24, 2.45) is 4.99 Å². The molecular formula is C21H39N2O3+. The summed E-state index contributed by atoms with van der Waals surface area (Å²) in [7, 11) is 0. The minimum Gasteiger partial charge on any atom is -0.477 e. The molecular weight excluding hydrogens is 328 g/mol. The molecule has 1 rings (SSSR count). The number of amidine groups is 1. The van der Waals surface area contributed by atoms with Crippen LogP contribution in [-0.2, 0) is 4.79 Å². The molecule has 0 bridgehead atoms. The predicted octanol–water partition coefficient (Wildman–Crippen LogP) is 5.20. The van der Waals surface area contributed by atoms with Gasteiger partial charge in [-0.05, 0) is 6.42 Å². The van der Waals surface area contributed by atoms with Crippen molar-refractivity contribution in [1.29, 1.82) is 0 Å². The number of unbranched alkanes of at least 4 members (excludes halogenated alkanes) is 11. The van der Waals surface area contributed by atoms with Gasteiger partial charge < -0.3 is 10.2 Å². The van der Waals surface area contributed by atoms with Crippen LogP contribution in [0.4, 0.5) is 0 Å². The molecule has 26 heavy (non-hydrogen) atoms. The van der Waals surface area contributed by atoms with Gasteiger partial charge in [-0.3, -0.25) is 0 Å². The zero-order valence-corrected chi connectivity index (χ0v) is 16.8. The van der Waals surface area contributed by atoms with E-state index in [-0.39, 0.29) is 11.0 Å². The normalized spacial score (nSPS) is 20.3. The van der Waals surface area contributed by atoms with E-state index in [2.05, 4.69) is 11.9 Å². The van der Waals surface area contributed by atoms with Crippen LogP contribution in [-0.4, -0.2) is 39.3 Å². The Balaban J connectivity index is 2.11. The number of aliphatic hydroxyl groups excluding tert-OH is 1. The van der Waals surface area contributed by atoms with Gasteiger partial charge in [-0.25, -0.2) is 14.3 Å². The van der Waals surface area contributed by atoms with E-state index >= 15 is 0 Å². The highest BCUT2D eigenvalue weighted by Gasteiger charge is 2.41. The number of carboxylic acid groups (broad SMARTS) is 1. The van der Waals surface area contributed by atoms with Gasteiger partial charge in [0.05, 0.1) is 6.20 Å². The zero-order chi connectivity index (χ0) is 19.3. The molecule has 1 aliphatic heterocycles. The minimum absolute atomic E-state index is 0.0482. The summed E-state index contributed by atoms with van der Waals surface area (Å²) >= 11 is 0. The van der Waals surface area contributed by atoms with Gasteiger partial charge in [0.15, 0.2) is 12.8 Å². The summed E-state index contributed by atoms with van der Waals surface area (Å²) in [5, 5.41) is 19.3. The number of carbonyl (C=O) groups is 1. The second kappa shape index (κ2) is 13.0. The molecule has 0 spiro atoms. The Morgan fingerprint density at radius 3 is 1.96 bits per heavy atom. The van der Waals surface area contributed by atoms with Crippen LogP contribution in [0.3, 0.4) is 0 Å². The number of carboxylic acids is 1. The van der Waals surface area contributed by atoms with Crippen LogP contribution in [0.2, 0.25) is 0 Å². The minimum atomic E-state index is -0.917. The molecule has 1 aliphatic rings. The molecule has 0 aromatic rings. The Bertz CT molecular complexity index is 460. The number of hydrogen-bond donors (Lipinski definition) is 2. The standard InChI is InChI=1S/C21H38N2O3/c1-3-4-5-6-7-8-9-10-11-12-13-14-15-20-22-16-17-23(20,19(2)24)18-21(25)26/h16-17,19,24H,3-15,18H2,1-2H3/p+1. The predicted molar refractivity (Wildman–Crippen MR) is 107 cm³/mol. The van der Waals surface area contributed by atoms with Crippen LogP contribution in [0.1, 0.15) is 97.3 Å². The van der Waals surface area contributed by atoms with Gasteiger partial charge in [-0.1, -0.05) is 77.6 Å². The fraction of sp³-hybridized carbons (Fsp3) is 0.810. The van der Waals surface area contributed by atoms with Crippen LogP contribution in [0.25, 0.3) is 0 Å². The average Bonchev–Trinajstić information content (AvgIpc) is 2.99. The quantitative estimate of drug-likeness (QED) is 0.291. The van der Waals surface area contributed by atoms with Gasteiger partial charge in [-0.2, -0.15) is 0 Å². The molecule has 1 heterocycles. The first kappa shape index (κ1) is 22.8. The van der Waals surface area contributed by atoms with Crippen molar-refractivity contribution in [2.45, 2.75) is 104 Å². The number of aliphatic carboxylic acids is 1. The monoisotopic (exact) mass is 367 g/mol. The number of quaternary nitrogens is 1. The third kappa shape index (κ3) is 8.00. The zero-order valence-electron chi connectivity index (χ0n) is 16.8. The lowest BCUT2D eigenvalue weighted by Crippen LogP contribution is -2.55. The molecule has 5 heteroatoms. The van der Waals surface area contributed by atoms with Gasteiger partial charge in [-0.15, -0.1) is 0 Å². The lowest BCUT2D eigenvalue weighted by Gasteiger charge is -2.33. The Morgan fingerprint density at radius 1 is 1.00 bits per heavy atom. The molecule has 2 unspecified atom stereocenters. The van der Waals surface area contributed by atoms with Crippen molar-refractivity contribution in [2.75, 3.05) is 6.54 Å². The van der Waals surface area contributed by atoms with Crippen molar-refractivity contribution in [1.82, 2.24) is 0 Å². The first-order valence-corrected chi connectivity index (χ1v) is 10.5. The summed E-state index contributed by atoms with van der Waals surface area (Å²) in [6, 6.07) is 0. The Hall–Kier alpha value is -1.20. The lowest BCUT2D eigenvalue weighted by atomic mass is 10.0. The van der Waals surface area contributed by atoms with Crippen LogP contribution in [0.15, 0.2) is 17.4 Å². The summed E-state index contributed by atoms with van der Waals surface area (Å²) in [6.07, 6.45) is 18.9. The first-order chi connectivity index (χ1) is 12.5. The molecule has 0 amide bonds. The Labute approximate surface area is 159 Å². The van der Waals surface area contributed by atoms with Crippen molar-refractivity contribution in [3.8, 4) is 0 Å². The van der Waals surface area contributed by atoms with Gasteiger partial charge in [0.2, 0.25) is 5.84 Å². The van der Waals surface area contributed by atoms with Crippen molar-refractivity contribution in [3.05, 3.63) is 12.4 Å². The highest BCUT2D eigenvalue weighted by atomic mass is 16.4. The van der Waals surface area contributed by atoms with Gasteiger partial charge in [0.1, 0.15) is 6.20 Å². The Morgan fingerprint density at radius 2 is 1.50 bits per heavy atom. The second-order valence-corrected chi connectivity index (χ2v) is 7.60. The van der Waals surface area contributed by atoms with Crippen LogP contribution >= 0.6 is 0 Å². The largest absolute Gasteiger partial charge is 0.477 e. The van der Waals surface area contributed by atoms with E-state index in [0.29, 0.717) is 0 Å². The van der Waals surface area contributed by atoms with Gasteiger partial charge in [0.25, 0.3) is 0 Å². The number of nitrogens with zero attached hydrogens (tertiary/aromatic N) is 2. The first-order valence-electron chi connectivity index (χ1n) is 10.5. The molecule has 0 saturated heterocycles. The summed E-state index contributed by atoms with van der Waals surface area (Å²) in [5.74, 6) is -0.144. The summed E-state index contributed by atoms with van der Waals surface area (Å²) in [6.45, 7) is 3.74. The van der Waals surface area contributed by atoms with Crippen molar-refractivity contribution >= 4 is 11.8 Å². The average molecular weight is 368 g/mol. The number of rotatable bonds is 16. The van der Waals surface area contributed by atoms with Crippen molar-refractivity contribution in [3.63, 3.8) is 0 Å². The van der Waals surface area contributed by atoms with Crippen LogP contribution in [0, 0.1) is 0 Å². The molecule has 0 aromatic heterocycles. The summed E-state index contributed by atoms with van der Waals surface area (Å²) in [5.41, 5.74) is 0. The molecule has 5 nitrogen and oxygen atoms in total. The maximum absolute atomic E-state index is 11.2. The van der Waals surface area contributed by atoms with E-state index in [1.54, 1.807) is 19.3 Å². The highest BCUT2D eigenvalue weighted by molar-refractivity contribution is 5.81. The molecule has 0 radical (unpaired) electrons. The number of hydrogen-bond acceptors (Lipinski definition) is 3.